The number of amidine groups is 2. The maximum absolute atomic E-state index is 12.7. The molecule has 0 atom stereocenters. The topological polar surface area (TPSA) is 73.8 Å². The van der Waals surface area contributed by atoms with Crippen LogP contribution in [0.1, 0.15) is 43.1 Å². The van der Waals surface area contributed by atoms with Gasteiger partial charge in [-0.25, -0.2) is 0 Å². The van der Waals surface area contributed by atoms with Crippen molar-refractivity contribution in [2.24, 2.45) is 10.1 Å². The van der Waals surface area contributed by atoms with Crippen molar-refractivity contribution >= 4 is 63.0 Å². The number of aliphatic imine (C=N–C) groups is 1. The third-order valence-electron chi connectivity index (χ3n) is 5.18. The Morgan fingerprint density at radius 2 is 2.03 bits per heavy atom. The summed E-state index contributed by atoms with van der Waals surface area (Å²) in [6.45, 7) is 6.01. The largest absolute Gasteiger partial charge is 0.316 e. The predicted molar refractivity (Wildman–Crippen MR) is 130 cm³/mol. The fraction of sp³-hybridized carbons (Fsp3) is 0.273. The van der Waals surface area contributed by atoms with E-state index in [1.807, 2.05) is 36.6 Å². The molecule has 1 aromatic heterocycles. The van der Waals surface area contributed by atoms with Crippen molar-refractivity contribution in [2.75, 3.05) is 0 Å². The summed E-state index contributed by atoms with van der Waals surface area (Å²) in [4.78, 5) is 16.9. The van der Waals surface area contributed by atoms with E-state index in [-0.39, 0.29) is 11.4 Å². The summed E-state index contributed by atoms with van der Waals surface area (Å²) in [6.07, 6.45) is 4.58. The molecule has 0 spiro atoms. The van der Waals surface area contributed by atoms with Crippen LogP contribution in [0.5, 0.6) is 0 Å². The van der Waals surface area contributed by atoms with Gasteiger partial charge >= 0.3 is 0 Å². The van der Waals surface area contributed by atoms with Gasteiger partial charge < -0.3 is 4.57 Å². The van der Waals surface area contributed by atoms with Gasteiger partial charge in [0.2, 0.25) is 5.17 Å². The molecule has 0 unspecified atom stereocenters. The molecule has 3 heterocycles. The van der Waals surface area contributed by atoms with Crippen molar-refractivity contribution in [1.82, 2.24) is 9.58 Å². The Labute approximate surface area is 195 Å². The predicted octanol–water partition coefficient (Wildman–Crippen LogP) is 6.21. The minimum absolute atomic E-state index is 0.0413. The van der Waals surface area contributed by atoms with Gasteiger partial charge in [-0.05, 0) is 68.3 Å². The van der Waals surface area contributed by atoms with E-state index in [1.54, 1.807) is 12.1 Å². The van der Waals surface area contributed by atoms with Crippen molar-refractivity contribution in [3.8, 4) is 5.69 Å². The van der Waals surface area contributed by atoms with E-state index >= 15 is 0 Å². The summed E-state index contributed by atoms with van der Waals surface area (Å²) in [7, 11) is 0. The van der Waals surface area contributed by atoms with Gasteiger partial charge in [0.1, 0.15) is 5.04 Å². The van der Waals surface area contributed by atoms with Crippen LogP contribution >= 0.6 is 35.0 Å². The number of aromatic nitrogens is 1. The molecule has 9 heteroatoms. The molecular formula is C22H21Cl2N5OS. The third kappa shape index (κ3) is 3.97. The van der Waals surface area contributed by atoms with Crippen LogP contribution in [0.4, 0.5) is 0 Å². The molecule has 31 heavy (non-hydrogen) atoms. The number of carbonyl (C=O) groups excluding carboxylic acids is 1. The molecular weight excluding hydrogens is 453 g/mol. The number of nitrogens with one attached hydrogen (secondary N) is 1. The van der Waals surface area contributed by atoms with Gasteiger partial charge in [0, 0.05) is 11.4 Å². The van der Waals surface area contributed by atoms with Gasteiger partial charge in [-0.2, -0.15) is 15.1 Å². The molecule has 2 aliphatic heterocycles. The smallest absolute Gasteiger partial charge is 0.283 e. The minimum atomic E-state index is -0.429. The first-order valence-electron chi connectivity index (χ1n) is 9.94. The Kier molecular flexibility index (Phi) is 6.10. The van der Waals surface area contributed by atoms with Gasteiger partial charge in [-0.1, -0.05) is 42.6 Å². The fourth-order valence-electron chi connectivity index (χ4n) is 3.59. The number of rotatable bonds is 5. The highest BCUT2D eigenvalue weighted by Crippen LogP contribution is 2.34. The lowest BCUT2D eigenvalue weighted by Crippen LogP contribution is -2.35. The van der Waals surface area contributed by atoms with Gasteiger partial charge in [0.05, 0.1) is 21.3 Å². The molecule has 0 bridgehead atoms. The Bertz CT molecular complexity index is 1190. The number of hydrogen-bond acceptors (Lipinski definition) is 4. The number of halogens is 2. The van der Waals surface area contributed by atoms with Crippen molar-refractivity contribution in [2.45, 2.75) is 40.0 Å². The molecule has 0 saturated carbocycles. The van der Waals surface area contributed by atoms with E-state index in [2.05, 4.69) is 17.0 Å². The number of carbonyl (C=O) groups is 1. The molecule has 1 aromatic carbocycles. The van der Waals surface area contributed by atoms with Gasteiger partial charge in [0.15, 0.2) is 5.84 Å². The Morgan fingerprint density at radius 1 is 1.26 bits per heavy atom. The number of aryl methyl sites for hydroxylation is 1. The average Bonchev–Trinajstić information content (AvgIpc) is 3.26. The van der Waals surface area contributed by atoms with Crippen LogP contribution in [-0.2, 0) is 4.79 Å². The lowest BCUT2D eigenvalue weighted by Gasteiger charge is -2.20. The highest BCUT2D eigenvalue weighted by atomic mass is 35.5. The maximum atomic E-state index is 12.7. The first kappa shape index (κ1) is 21.9. The number of nitrogens with zero attached hydrogens (tertiary/aromatic N) is 4. The monoisotopic (exact) mass is 473 g/mol. The van der Waals surface area contributed by atoms with Gasteiger partial charge in [0.25, 0.3) is 5.91 Å². The first-order chi connectivity index (χ1) is 14.8. The molecule has 0 radical (unpaired) electrons. The fourth-order valence-corrected chi connectivity index (χ4v) is 4.89. The summed E-state index contributed by atoms with van der Waals surface area (Å²) in [5.74, 6) is -0.388. The summed E-state index contributed by atoms with van der Waals surface area (Å²) in [5, 5.41) is 16.8. The van der Waals surface area contributed by atoms with Crippen LogP contribution in [0, 0.1) is 19.3 Å². The quantitative estimate of drug-likeness (QED) is 0.524. The van der Waals surface area contributed by atoms with Crippen LogP contribution in [0.3, 0.4) is 0 Å². The lowest BCUT2D eigenvalue weighted by molar-refractivity contribution is -0.114. The van der Waals surface area contributed by atoms with E-state index in [1.165, 1.54) is 16.8 Å². The molecule has 1 amide bonds. The Balaban J connectivity index is 1.72. The molecule has 2 aliphatic rings. The van der Waals surface area contributed by atoms with Crippen molar-refractivity contribution < 1.29 is 4.79 Å². The second-order valence-electron chi connectivity index (χ2n) is 7.35. The van der Waals surface area contributed by atoms with Crippen molar-refractivity contribution in [3.05, 3.63) is 56.8 Å². The molecule has 0 saturated heterocycles. The van der Waals surface area contributed by atoms with Crippen LogP contribution in [0.2, 0.25) is 10.0 Å². The summed E-state index contributed by atoms with van der Waals surface area (Å²) < 4.78 is 1.99. The minimum Gasteiger partial charge on any atom is -0.316 e. The highest BCUT2D eigenvalue weighted by Gasteiger charge is 2.35. The summed E-state index contributed by atoms with van der Waals surface area (Å²) in [5.41, 5.74) is 3.60. The number of amides is 1. The van der Waals surface area contributed by atoms with Crippen LogP contribution in [-0.4, -0.2) is 31.5 Å². The third-order valence-corrected chi connectivity index (χ3v) is 6.96. The summed E-state index contributed by atoms with van der Waals surface area (Å²) >= 11 is 14.0. The molecule has 6 nitrogen and oxygen atoms in total. The molecule has 4 rings (SSSR count). The van der Waals surface area contributed by atoms with E-state index in [4.69, 9.17) is 28.6 Å². The molecule has 2 aromatic rings. The van der Waals surface area contributed by atoms with Crippen LogP contribution < -0.4 is 0 Å². The van der Waals surface area contributed by atoms with E-state index < -0.39 is 5.91 Å². The molecule has 0 fully saturated rings. The van der Waals surface area contributed by atoms with Crippen molar-refractivity contribution in [1.29, 1.82) is 5.41 Å². The number of fused-ring (bicyclic) bond motifs is 1. The van der Waals surface area contributed by atoms with Gasteiger partial charge in [-0.3, -0.25) is 10.2 Å². The Hall–Kier alpha value is -2.35. The standard InChI is InChI=1S/C22H21Cl2N5OS/c1-4-5-9-18-27-29-20(25)15(21(30)26-22(29)31-18)11-14-10-12(2)28(13(14)3)17-8-6-7-16(23)19(17)24/h6-8,10-11,25H,4-5,9H2,1-3H3. The number of hydrogen-bond donors (Lipinski definition) is 1. The second kappa shape index (κ2) is 8.65. The summed E-state index contributed by atoms with van der Waals surface area (Å²) in [6, 6.07) is 7.43. The average molecular weight is 474 g/mol. The number of thioether (sulfide) groups is 1. The molecule has 160 valence electrons. The van der Waals surface area contributed by atoms with E-state index in [9.17, 15) is 4.79 Å². The maximum Gasteiger partial charge on any atom is 0.283 e. The van der Waals surface area contributed by atoms with Crippen molar-refractivity contribution in [3.63, 3.8) is 0 Å². The highest BCUT2D eigenvalue weighted by molar-refractivity contribution is 8.26. The number of unbranched alkanes of at least 4 members (excludes halogenated alkanes) is 1. The number of hydrazone groups is 1. The van der Waals surface area contributed by atoms with Crippen LogP contribution in [0.25, 0.3) is 11.8 Å². The zero-order valence-corrected chi connectivity index (χ0v) is 19.7. The van der Waals surface area contributed by atoms with Crippen LogP contribution in [0.15, 0.2) is 39.9 Å². The zero-order valence-electron chi connectivity index (χ0n) is 17.4. The molecule has 1 N–H and O–H groups in total. The second-order valence-corrected chi connectivity index (χ2v) is 9.18. The van der Waals surface area contributed by atoms with Gasteiger partial charge in [-0.15, -0.1) is 0 Å². The normalized spacial score (nSPS) is 17.3. The van der Waals surface area contributed by atoms with E-state index in [0.29, 0.717) is 15.2 Å². The number of benzene rings is 1. The zero-order chi connectivity index (χ0) is 22.3. The first-order valence-corrected chi connectivity index (χ1v) is 11.5. The molecule has 0 aliphatic carbocycles. The SMILES string of the molecule is CCCCC1=NN2C(=N)C(=Cc3cc(C)n(-c4cccc(Cl)c4Cl)c3C)C(=O)N=C2S1. The van der Waals surface area contributed by atoms with E-state index in [0.717, 1.165) is 46.9 Å². The lowest BCUT2D eigenvalue weighted by atomic mass is 10.1. The Morgan fingerprint density at radius 3 is 2.77 bits per heavy atom.